The minimum Gasteiger partial charge on any atom is -0.321 e. The fourth-order valence-electron chi connectivity index (χ4n) is 1.47. The first-order valence-electron chi connectivity index (χ1n) is 5.51. The quantitative estimate of drug-likeness (QED) is 0.856. The van der Waals surface area contributed by atoms with Gasteiger partial charge in [-0.1, -0.05) is 13.8 Å². The zero-order valence-electron chi connectivity index (χ0n) is 9.81. The van der Waals surface area contributed by atoms with Crippen LogP contribution < -0.4 is 5.73 Å². The molecule has 1 aromatic carbocycles. The summed E-state index contributed by atoms with van der Waals surface area (Å²) in [4.78, 5) is 4.32. The van der Waals surface area contributed by atoms with E-state index in [0.717, 1.165) is 5.56 Å². The molecule has 3 N–H and O–H groups in total. The van der Waals surface area contributed by atoms with Crippen molar-refractivity contribution in [1.82, 2.24) is 15.2 Å². The molecule has 5 heteroatoms. The minimum absolute atomic E-state index is 0.170. The second-order valence-corrected chi connectivity index (χ2v) is 4.32. The lowest BCUT2D eigenvalue weighted by molar-refractivity contribution is 0.492. The Bertz CT molecular complexity index is 489. The lowest BCUT2D eigenvalue weighted by Gasteiger charge is -2.11. The Morgan fingerprint density at radius 2 is 1.88 bits per heavy atom. The topological polar surface area (TPSA) is 67.6 Å². The number of nitrogens with zero attached hydrogens (tertiary/aromatic N) is 2. The Hall–Kier alpha value is -1.75. The van der Waals surface area contributed by atoms with Gasteiger partial charge in [-0.2, -0.15) is 5.10 Å². The first-order valence-corrected chi connectivity index (χ1v) is 5.51. The van der Waals surface area contributed by atoms with Crippen LogP contribution in [0.25, 0.3) is 11.4 Å². The van der Waals surface area contributed by atoms with Gasteiger partial charge in [0.15, 0.2) is 5.82 Å². The molecule has 1 aromatic heterocycles. The molecule has 2 rings (SSSR count). The van der Waals surface area contributed by atoms with Gasteiger partial charge in [0, 0.05) is 5.56 Å². The fraction of sp³-hybridized carbons (Fsp3) is 0.333. The SMILES string of the molecule is CC(C)C(N)c1nc(-c2ccc(F)cc2)n[nH]1. The van der Waals surface area contributed by atoms with Crippen molar-refractivity contribution in [3.8, 4) is 11.4 Å². The maximum Gasteiger partial charge on any atom is 0.181 e. The van der Waals surface area contributed by atoms with E-state index in [9.17, 15) is 4.39 Å². The molecule has 2 aromatic rings. The average Bonchev–Trinajstić information content (AvgIpc) is 2.78. The monoisotopic (exact) mass is 234 g/mol. The molecule has 4 nitrogen and oxygen atoms in total. The molecule has 1 unspecified atom stereocenters. The Kier molecular flexibility index (Phi) is 3.19. The number of aromatic nitrogens is 3. The van der Waals surface area contributed by atoms with Crippen molar-refractivity contribution < 1.29 is 4.39 Å². The summed E-state index contributed by atoms with van der Waals surface area (Å²) < 4.78 is 12.8. The van der Waals surface area contributed by atoms with Gasteiger partial charge in [-0.25, -0.2) is 9.37 Å². The van der Waals surface area contributed by atoms with Crippen molar-refractivity contribution in [2.75, 3.05) is 0 Å². The van der Waals surface area contributed by atoms with Gasteiger partial charge in [-0.05, 0) is 30.2 Å². The summed E-state index contributed by atoms with van der Waals surface area (Å²) in [5.74, 6) is 1.20. The molecule has 1 atom stereocenters. The van der Waals surface area contributed by atoms with Gasteiger partial charge >= 0.3 is 0 Å². The first-order chi connectivity index (χ1) is 8.08. The van der Waals surface area contributed by atoms with Crippen LogP contribution in [0.15, 0.2) is 24.3 Å². The first kappa shape index (κ1) is 11.7. The van der Waals surface area contributed by atoms with Crippen LogP contribution in [0.4, 0.5) is 4.39 Å². The molecule has 0 aliphatic carbocycles. The predicted octanol–water partition coefficient (Wildman–Crippen LogP) is 2.27. The molecule has 0 radical (unpaired) electrons. The van der Waals surface area contributed by atoms with E-state index in [1.54, 1.807) is 12.1 Å². The summed E-state index contributed by atoms with van der Waals surface area (Å²) >= 11 is 0. The van der Waals surface area contributed by atoms with Gasteiger partial charge in [0.1, 0.15) is 11.6 Å². The van der Waals surface area contributed by atoms with Crippen LogP contribution in [-0.2, 0) is 0 Å². The Labute approximate surface area is 99.1 Å². The van der Waals surface area contributed by atoms with Gasteiger partial charge in [0.25, 0.3) is 0 Å². The number of rotatable bonds is 3. The molecular formula is C12H15FN4. The maximum absolute atomic E-state index is 12.8. The summed E-state index contributed by atoms with van der Waals surface area (Å²) in [5, 5.41) is 6.90. The van der Waals surface area contributed by atoms with Crippen molar-refractivity contribution in [2.45, 2.75) is 19.9 Å². The standard InChI is InChI=1S/C12H15FN4/c1-7(2)10(14)12-15-11(16-17-12)8-3-5-9(13)6-4-8/h3-7,10H,14H2,1-2H3,(H,15,16,17). The molecule has 17 heavy (non-hydrogen) atoms. The molecule has 90 valence electrons. The molecule has 0 aliphatic heterocycles. The van der Waals surface area contributed by atoms with Crippen LogP contribution in [-0.4, -0.2) is 15.2 Å². The highest BCUT2D eigenvalue weighted by Gasteiger charge is 2.15. The Morgan fingerprint density at radius 3 is 2.47 bits per heavy atom. The molecular weight excluding hydrogens is 219 g/mol. The zero-order valence-corrected chi connectivity index (χ0v) is 9.81. The maximum atomic E-state index is 12.8. The van der Waals surface area contributed by atoms with E-state index in [1.807, 2.05) is 13.8 Å². The molecule has 0 bridgehead atoms. The number of nitrogens with one attached hydrogen (secondary N) is 1. The van der Waals surface area contributed by atoms with Gasteiger partial charge in [0.05, 0.1) is 6.04 Å². The number of halogens is 1. The summed E-state index contributed by atoms with van der Waals surface area (Å²) in [6.07, 6.45) is 0. The van der Waals surface area contributed by atoms with Crippen LogP contribution in [0.3, 0.4) is 0 Å². The third-order valence-electron chi connectivity index (χ3n) is 2.64. The fourth-order valence-corrected chi connectivity index (χ4v) is 1.47. The smallest absolute Gasteiger partial charge is 0.181 e. The summed E-state index contributed by atoms with van der Waals surface area (Å²) in [6, 6.07) is 5.88. The third kappa shape index (κ3) is 2.50. The highest BCUT2D eigenvalue weighted by atomic mass is 19.1. The molecule has 0 aliphatic rings. The highest BCUT2D eigenvalue weighted by Crippen LogP contribution is 2.19. The van der Waals surface area contributed by atoms with E-state index < -0.39 is 0 Å². The van der Waals surface area contributed by atoms with Crippen LogP contribution in [0, 0.1) is 11.7 Å². The molecule has 0 saturated heterocycles. The Balaban J connectivity index is 2.26. The summed E-state index contributed by atoms with van der Waals surface area (Å²) in [5.41, 5.74) is 6.73. The average molecular weight is 234 g/mol. The van der Waals surface area contributed by atoms with Crippen molar-refractivity contribution in [3.63, 3.8) is 0 Å². The Morgan fingerprint density at radius 1 is 1.24 bits per heavy atom. The van der Waals surface area contributed by atoms with E-state index in [0.29, 0.717) is 11.6 Å². The molecule has 0 amide bonds. The number of hydrogen-bond acceptors (Lipinski definition) is 3. The number of nitrogens with two attached hydrogens (primary N) is 1. The number of hydrogen-bond donors (Lipinski definition) is 2. The van der Waals surface area contributed by atoms with Crippen LogP contribution >= 0.6 is 0 Å². The third-order valence-corrected chi connectivity index (χ3v) is 2.64. The second-order valence-electron chi connectivity index (χ2n) is 4.32. The number of aromatic amines is 1. The normalized spacial score (nSPS) is 13.0. The molecule has 1 heterocycles. The predicted molar refractivity (Wildman–Crippen MR) is 63.5 cm³/mol. The van der Waals surface area contributed by atoms with E-state index in [2.05, 4.69) is 15.2 Å². The lowest BCUT2D eigenvalue weighted by Crippen LogP contribution is -2.18. The van der Waals surface area contributed by atoms with Crippen LogP contribution in [0.5, 0.6) is 0 Å². The second kappa shape index (κ2) is 4.63. The molecule has 0 fully saturated rings. The zero-order chi connectivity index (χ0) is 12.4. The van der Waals surface area contributed by atoms with Crippen molar-refractivity contribution in [2.24, 2.45) is 11.7 Å². The van der Waals surface area contributed by atoms with Gasteiger partial charge < -0.3 is 5.73 Å². The van der Waals surface area contributed by atoms with Gasteiger partial charge in [-0.3, -0.25) is 5.10 Å². The van der Waals surface area contributed by atoms with Crippen molar-refractivity contribution >= 4 is 0 Å². The van der Waals surface area contributed by atoms with E-state index in [-0.39, 0.29) is 17.8 Å². The summed E-state index contributed by atoms with van der Waals surface area (Å²) in [6.45, 7) is 4.04. The molecule has 0 saturated carbocycles. The van der Waals surface area contributed by atoms with Gasteiger partial charge in [-0.15, -0.1) is 0 Å². The van der Waals surface area contributed by atoms with Crippen LogP contribution in [0.2, 0.25) is 0 Å². The van der Waals surface area contributed by atoms with Gasteiger partial charge in [0.2, 0.25) is 0 Å². The lowest BCUT2D eigenvalue weighted by atomic mass is 10.1. The number of benzene rings is 1. The van der Waals surface area contributed by atoms with Crippen LogP contribution in [0.1, 0.15) is 25.7 Å². The van der Waals surface area contributed by atoms with E-state index >= 15 is 0 Å². The van der Waals surface area contributed by atoms with Crippen molar-refractivity contribution in [1.29, 1.82) is 0 Å². The van der Waals surface area contributed by atoms with E-state index in [1.165, 1.54) is 12.1 Å². The highest BCUT2D eigenvalue weighted by molar-refractivity contribution is 5.54. The van der Waals surface area contributed by atoms with Crippen molar-refractivity contribution in [3.05, 3.63) is 35.9 Å². The summed E-state index contributed by atoms with van der Waals surface area (Å²) in [7, 11) is 0. The largest absolute Gasteiger partial charge is 0.321 e. The molecule has 0 spiro atoms. The number of H-pyrrole nitrogens is 1. The van der Waals surface area contributed by atoms with E-state index in [4.69, 9.17) is 5.73 Å². The minimum atomic E-state index is -0.275.